The zero-order valence-corrected chi connectivity index (χ0v) is 20.4. The van der Waals surface area contributed by atoms with E-state index in [0.717, 1.165) is 37.6 Å². The molecule has 0 saturated carbocycles. The average molecular weight is 476 g/mol. The van der Waals surface area contributed by atoms with Crippen LogP contribution in [0.15, 0.2) is 64.3 Å². The number of carbonyl (C=O) groups excluding carboxylic acids is 2. The molecule has 2 N–H and O–H groups in total. The molecule has 5 nitrogen and oxygen atoms in total. The minimum absolute atomic E-state index is 0.0869. The van der Waals surface area contributed by atoms with E-state index < -0.39 is 0 Å². The Balaban J connectivity index is 1.31. The number of nitrogens with zero attached hydrogens (tertiary/aromatic N) is 1. The van der Waals surface area contributed by atoms with Crippen LogP contribution in [-0.2, 0) is 16.0 Å². The minimum Gasteiger partial charge on any atom is -0.325 e. The summed E-state index contributed by atoms with van der Waals surface area (Å²) in [4.78, 5) is 29.5. The van der Waals surface area contributed by atoms with Gasteiger partial charge in [-0.15, -0.1) is 11.3 Å². The average Bonchev–Trinajstić information content (AvgIpc) is 3.22. The van der Waals surface area contributed by atoms with Gasteiger partial charge in [0, 0.05) is 22.1 Å². The van der Waals surface area contributed by atoms with Gasteiger partial charge in [-0.05, 0) is 43.4 Å². The third-order valence-corrected chi connectivity index (χ3v) is 7.27. The summed E-state index contributed by atoms with van der Waals surface area (Å²) >= 11 is 2.82. The molecule has 0 aliphatic carbocycles. The van der Waals surface area contributed by atoms with Gasteiger partial charge in [0.05, 0.1) is 17.9 Å². The zero-order chi connectivity index (χ0) is 23.4. The fourth-order valence-electron chi connectivity index (χ4n) is 3.81. The van der Waals surface area contributed by atoms with Crippen LogP contribution in [0.25, 0.3) is 10.8 Å². The third kappa shape index (κ3) is 5.80. The summed E-state index contributed by atoms with van der Waals surface area (Å²) in [6.45, 7) is 6.04. The molecule has 0 unspecified atom stereocenters. The van der Waals surface area contributed by atoms with Crippen molar-refractivity contribution in [3.63, 3.8) is 0 Å². The quantitative estimate of drug-likeness (QED) is 0.315. The molecule has 33 heavy (non-hydrogen) atoms. The van der Waals surface area contributed by atoms with E-state index in [1.54, 1.807) is 0 Å². The van der Waals surface area contributed by atoms with Gasteiger partial charge in [0.1, 0.15) is 0 Å². The second-order valence-electron chi connectivity index (χ2n) is 7.97. The summed E-state index contributed by atoms with van der Waals surface area (Å²) in [7, 11) is 0. The molecule has 4 aromatic rings. The lowest BCUT2D eigenvalue weighted by atomic mass is 10.0. The van der Waals surface area contributed by atoms with E-state index in [2.05, 4.69) is 27.8 Å². The van der Waals surface area contributed by atoms with Gasteiger partial charge in [-0.1, -0.05) is 65.9 Å². The van der Waals surface area contributed by atoms with Crippen molar-refractivity contribution in [2.75, 3.05) is 16.4 Å². The second-order valence-corrected chi connectivity index (χ2v) is 10.0. The molecule has 0 atom stereocenters. The molecule has 0 aliphatic heterocycles. The summed E-state index contributed by atoms with van der Waals surface area (Å²) in [6, 6.07) is 17.9. The highest BCUT2D eigenvalue weighted by atomic mass is 32.2. The lowest BCUT2D eigenvalue weighted by Gasteiger charge is -2.12. The predicted molar refractivity (Wildman–Crippen MR) is 138 cm³/mol. The molecular weight excluding hydrogens is 450 g/mol. The van der Waals surface area contributed by atoms with Gasteiger partial charge in [0.15, 0.2) is 4.34 Å². The van der Waals surface area contributed by atoms with Gasteiger partial charge in [0.2, 0.25) is 11.8 Å². The Morgan fingerprint density at radius 3 is 2.45 bits per heavy atom. The number of thioether (sulfide) groups is 1. The van der Waals surface area contributed by atoms with Gasteiger partial charge in [-0.25, -0.2) is 4.98 Å². The highest BCUT2D eigenvalue weighted by molar-refractivity contribution is 8.01. The number of fused-ring (bicyclic) bond motifs is 1. The number of anilines is 2. The van der Waals surface area contributed by atoms with Crippen LogP contribution >= 0.6 is 23.1 Å². The van der Waals surface area contributed by atoms with Crippen LogP contribution < -0.4 is 10.6 Å². The predicted octanol–water partition coefficient (Wildman–Crippen LogP) is 6.13. The Morgan fingerprint density at radius 1 is 0.939 bits per heavy atom. The van der Waals surface area contributed by atoms with Crippen molar-refractivity contribution >= 4 is 57.1 Å². The molecule has 0 fully saturated rings. The summed E-state index contributed by atoms with van der Waals surface area (Å²) < 4.78 is 0.772. The van der Waals surface area contributed by atoms with E-state index in [1.807, 2.05) is 68.6 Å². The molecule has 7 heteroatoms. The maximum absolute atomic E-state index is 12.5. The van der Waals surface area contributed by atoms with Gasteiger partial charge in [-0.2, -0.15) is 0 Å². The van der Waals surface area contributed by atoms with Gasteiger partial charge in [-0.3, -0.25) is 9.59 Å². The first kappa shape index (κ1) is 23.0. The molecule has 0 radical (unpaired) electrons. The third-order valence-electron chi connectivity index (χ3n) is 5.20. The fraction of sp³-hybridized carbons (Fsp3) is 0.192. The van der Waals surface area contributed by atoms with Crippen LogP contribution in [0.3, 0.4) is 0 Å². The van der Waals surface area contributed by atoms with Crippen LogP contribution in [0.4, 0.5) is 11.4 Å². The van der Waals surface area contributed by atoms with Crippen molar-refractivity contribution < 1.29 is 9.59 Å². The first-order valence-corrected chi connectivity index (χ1v) is 12.5. The molecule has 168 valence electrons. The van der Waals surface area contributed by atoms with Crippen molar-refractivity contribution in [3.05, 3.63) is 82.4 Å². The fourth-order valence-corrected chi connectivity index (χ4v) is 5.45. The number of amides is 2. The van der Waals surface area contributed by atoms with E-state index in [4.69, 9.17) is 0 Å². The van der Waals surface area contributed by atoms with E-state index in [-0.39, 0.29) is 24.0 Å². The normalized spacial score (nSPS) is 10.9. The summed E-state index contributed by atoms with van der Waals surface area (Å²) in [5, 5.41) is 9.97. The largest absolute Gasteiger partial charge is 0.325 e. The first-order chi connectivity index (χ1) is 15.9. The monoisotopic (exact) mass is 475 g/mol. The Hall–Kier alpha value is -3.16. The Morgan fingerprint density at radius 2 is 1.67 bits per heavy atom. The van der Waals surface area contributed by atoms with Crippen LogP contribution in [0.5, 0.6) is 0 Å². The number of hydrogen-bond acceptors (Lipinski definition) is 5. The highest BCUT2D eigenvalue weighted by Gasteiger charge is 2.13. The van der Waals surface area contributed by atoms with Crippen molar-refractivity contribution in [2.45, 2.75) is 31.5 Å². The number of aromatic nitrogens is 1. The molecule has 3 aromatic carbocycles. The number of carbonyl (C=O) groups is 2. The van der Waals surface area contributed by atoms with Crippen molar-refractivity contribution in [1.29, 1.82) is 0 Å². The summed E-state index contributed by atoms with van der Waals surface area (Å²) in [5.41, 5.74) is 5.64. The van der Waals surface area contributed by atoms with Gasteiger partial charge in [0.25, 0.3) is 0 Å². The van der Waals surface area contributed by atoms with E-state index in [0.29, 0.717) is 5.69 Å². The number of benzene rings is 3. The van der Waals surface area contributed by atoms with Crippen LogP contribution in [0.1, 0.15) is 22.4 Å². The van der Waals surface area contributed by atoms with E-state index in [9.17, 15) is 9.59 Å². The van der Waals surface area contributed by atoms with E-state index >= 15 is 0 Å². The number of rotatable bonds is 7. The molecule has 0 spiro atoms. The molecule has 1 heterocycles. The SMILES string of the molecule is Cc1cc(C)c(NC(=O)Cc2csc(SCC(=O)Nc3cccc4ccccc34)n2)c(C)c1. The maximum Gasteiger partial charge on any atom is 0.234 e. The molecule has 4 rings (SSSR count). The standard InChI is InChI=1S/C26H25N3O2S2/c1-16-11-17(2)25(18(3)12-16)29-23(30)13-20-14-32-26(27-20)33-15-24(31)28-22-10-6-8-19-7-4-5-9-21(19)22/h4-12,14H,13,15H2,1-3H3,(H,28,31)(H,29,30). The van der Waals surface area contributed by atoms with Crippen LogP contribution in [0.2, 0.25) is 0 Å². The van der Waals surface area contributed by atoms with Crippen molar-refractivity contribution in [2.24, 2.45) is 0 Å². The van der Waals surface area contributed by atoms with E-state index in [1.165, 1.54) is 28.7 Å². The number of hydrogen-bond donors (Lipinski definition) is 2. The molecule has 0 aliphatic rings. The Bertz CT molecular complexity index is 1300. The number of aryl methyl sites for hydroxylation is 3. The van der Waals surface area contributed by atoms with Crippen LogP contribution in [-0.4, -0.2) is 22.6 Å². The summed E-state index contributed by atoms with van der Waals surface area (Å²) in [5.74, 6) is 0.0705. The number of thiazole rings is 1. The van der Waals surface area contributed by atoms with Crippen molar-refractivity contribution in [3.8, 4) is 0 Å². The smallest absolute Gasteiger partial charge is 0.234 e. The Labute approximate surface area is 201 Å². The van der Waals surface area contributed by atoms with Gasteiger partial charge >= 0.3 is 0 Å². The maximum atomic E-state index is 12.5. The lowest BCUT2D eigenvalue weighted by Crippen LogP contribution is -2.16. The number of nitrogens with one attached hydrogen (secondary N) is 2. The van der Waals surface area contributed by atoms with Crippen LogP contribution in [0, 0.1) is 20.8 Å². The molecule has 1 aromatic heterocycles. The Kier molecular flexibility index (Phi) is 7.11. The lowest BCUT2D eigenvalue weighted by molar-refractivity contribution is -0.116. The molecule has 0 saturated heterocycles. The van der Waals surface area contributed by atoms with Crippen molar-refractivity contribution in [1.82, 2.24) is 4.98 Å². The molecular formula is C26H25N3O2S2. The topological polar surface area (TPSA) is 71.1 Å². The molecule has 2 amide bonds. The highest BCUT2D eigenvalue weighted by Crippen LogP contribution is 2.26. The first-order valence-electron chi connectivity index (χ1n) is 10.6. The molecule has 0 bridgehead atoms. The minimum atomic E-state index is -0.0967. The van der Waals surface area contributed by atoms with Gasteiger partial charge < -0.3 is 10.6 Å². The second kappa shape index (κ2) is 10.2. The summed E-state index contributed by atoms with van der Waals surface area (Å²) in [6.07, 6.45) is 0.200. The zero-order valence-electron chi connectivity index (χ0n) is 18.8.